The molecular formula is C23H27BrN3O2+. The molecular weight excluding hydrogens is 430 g/mol. The van der Waals surface area contributed by atoms with Crippen LogP contribution >= 0.6 is 15.9 Å². The molecule has 2 N–H and O–H groups in total. The predicted octanol–water partition coefficient (Wildman–Crippen LogP) is 4.94. The minimum Gasteiger partial charge on any atom is -0.381 e. The number of ether oxygens (including phenoxy) is 1. The van der Waals surface area contributed by atoms with E-state index in [1.54, 1.807) is 0 Å². The monoisotopic (exact) mass is 456 g/mol. The zero-order chi connectivity index (χ0) is 20.4. The summed E-state index contributed by atoms with van der Waals surface area (Å²) in [7, 11) is 4.58. The van der Waals surface area contributed by atoms with Gasteiger partial charge in [-0.2, -0.15) is 0 Å². The first-order valence-corrected chi connectivity index (χ1v) is 10.8. The number of halogens is 1. The molecule has 1 aliphatic heterocycles. The van der Waals surface area contributed by atoms with Crippen LogP contribution in [-0.4, -0.2) is 48.7 Å². The van der Waals surface area contributed by atoms with Gasteiger partial charge in [-0.05, 0) is 36.4 Å². The number of anilines is 1. The van der Waals surface area contributed by atoms with Gasteiger partial charge in [0.05, 0.1) is 33.4 Å². The number of quaternary nitrogens is 1. The van der Waals surface area contributed by atoms with E-state index >= 15 is 0 Å². The van der Waals surface area contributed by atoms with Crippen molar-refractivity contribution in [1.82, 2.24) is 4.98 Å². The Morgan fingerprint density at radius 2 is 1.86 bits per heavy atom. The van der Waals surface area contributed by atoms with Crippen LogP contribution in [0, 0.1) is 0 Å². The second-order valence-corrected chi connectivity index (χ2v) is 9.26. The Hall–Kier alpha value is -2.15. The highest BCUT2D eigenvalue weighted by Crippen LogP contribution is 2.24. The number of carbonyl (C=O) groups excluding carboxylic acids is 1. The number of fused-ring (bicyclic) bond motifs is 1. The van der Waals surface area contributed by atoms with E-state index in [9.17, 15) is 4.79 Å². The lowest BCUT2D eigenvalue weighted by Crippen LogP contribution is -2.50. The Balaban J connectivity index is 1.41. The molecule has 0 atom stereocenters. The number of hydrogen-bond donors (Lipinski definition) is 2. The van der Waals surface area contributed by atoms with Crippen molar-refractivity contribution < 1.29 is 14.0 Å². The van der Waals surface area contributed by atoms with Gasteiger partial charge < -0.3 is 19.5 Å². The van der Waals surface area contributed by atoms with Gasteiger partial charge in [0.15, 0.2) is 0 Å². The number of benzene rings is 2. The molecule has 4 rings (SSSR count). The number of rotatable bonds is 5. The Labute approximate surface area is 179 Å². The third-order valence-electron chi connectivity index (χ3n) is 5.81. The normalized spacial score (nSPS) is 15.6. The lowest BCUT2D eigenvalue weighted by Gasteiger charge is -2.40. The van der Waals surface area contributed by atoms with Crippen LogP contribution in [0.3, 0.4) is 0 Å². The Kier molecular flexibility index (Phi) is 5.76. The van der Waals surface area contributed by atoms with Gasteiger partial charge in [-0.25, -0.2) is 0 Å². The maximum atomic E-state index is 12.6. The quantitative estimate of drug-likeness (QED) is 0.534. The summed E-state index contributed by atoms with van der Waals surface area (Å²) in [5.74, 6) is -0.136. The number of carbonyl (C=O) groups is 1. The SMILES string of the molecule is C[N+](C)(Cc1ccc(NC(=O)c2cc3cc(Br)ccc3[nH]2)cc1)C1CCOCC1. The maximum absolute atomic E-state index is 12.6. The highest BCUT2D eigenvalue weighted by atomic mass is 79.9. The number of aromatic nitrogens is 1. The zero-order valence-electron chi connectivity index (χ0n) is 16.9. The van der Waals surface area contributed by atoms with Crippen LogP contribution in [0.1, 0.15) is 28.9 Å². The van der Waals surface area contributed by atoms with Crippen molar-refractivity contribution >= 4 is 38.4 Å². The lowest BCUT2D eigenvalue weighted by molar-refractivity contribution is -0.929. The van der Waals surface area contributed by atoms with Crippen LogP contribution in [-0.2, 0) is 11.3 Å². The first-order valence-electron chi connectivity index (χ1n) is 10.00. The van der Waals surface area contributed by atoms with Crippen LogP contribution in [0.15, 0.2) is 53.0 Å². The van der Waals surface area contributed by atoms with Crippen LogP contribution in [0.25, 0.3) is 10.9 Å². The molecule has 1 fully saturated rings. The summed E-state index contributed by atoms with van der Waals surface area (Å²) < 4.78 is 7.46. The fraction of sp³-hybridized carbons (Fsp3) is 0.348. The first-order chi connectivity index (χ1) is 13.9. The minimum absolute atomic E-state index is 0.136. The maximum Gasteiger partial charge on any atom is 0.272 e. The molecule has 1 aliphatic rings. The van der Waals surface area contributed by atoms with E-state index in [1.807, 2.05) is 36.4 Å². The van der Waals surface area contributed by atoms with E-state index in [-0.39, 0.29) is 5.91 Å². The van der Waals surface area contributed by atoms with Crippen LogP contribution in [0.5, 0.6) is 0 Å². The fourth-order valence-electron chi connectivity index (χ4n) is 4.10. The second-order valence-electron chi connectivity index (χ2n) is 8.35. The molecule has 0 radical (unpaired) electrons. The molecule has 2 aromatic carbocycles. The van der Waals surface area contributed by atoms with Crippen molar-refractivity contribution in [2.45, 2.75) is 25.4 Å². The van der Waals surface area contributed by atoms with Gasteiger partial charge in [0.1, 0.15) is 12.2 Å². The molecule has 3 aromatic rings. The Morgan fingerprint density at radius 3 is 2.59 bits per heavy atom. The molecule has 6 heteroatoms. The Morgan fingerprint density at radius 1 is 1.14 bits per heavy atom. The summed E-state index contributed by atoms with van der Waals surface area (Å²) in [5, 5.41) is 3.99. The molecule has 1 saturated heterocycles. The predicted molar refractivity (Wildman–Crippen MR) is 120 cm³/mol. The van der Waals surface area contributed by atoms with Crippen molar-refractivity contribution in [3.05, 3.63) is 64.3 Å². The molecule has 0 saturated carbocycles. The average Bonchev–Trinajstić information content (AvgIpc) is 3.13. The molecule has 0 aliphatic carbocycles. The highest BCUT2D eigenvalue weighted by Gasteiger charge is 2.30. The summed E-state index contributed by atoms with van der Waals surface area (Å²) >= 11 is 3.46. The molecule has 5 nitrogen and oxygen atoms in total. The number of hydrogen-bond acceptors (Lipinski definition) is 2. The van der Waals surface area contributed by atoms with Crippen molar-refractivity contribution in [3.8, 4) is 0 Å². The zero-order valence-corrected chi connectivity index (χ0v) is 18.5. The highest BCUT2D eigenvalue weighted by molar-refractivity contribution is 9.10. The molecule has 0 spiro atoms. The molecule has 0 bridgehead atoms. The summed E-state index contributed by atoms with van der Waals surface area (Å²) in [6.07, 6.45) is 2.23. The first kappa shape index (κ1) is 20.1. The summed E-state index contributed by atoms with van der Waals surface area (Å²) in [6.45, 7) is 2.69. The van der Waals surface area contributed by atoms with Gasteiger partial charge in [-0.3, -0.25) is 4.79 Å². The molecule has 1 aromatic heterocycles. The topological polar surface area (TPSA) is 54.1 Å². The van der Waals surface area contributed by atoms with E-state index in [0.717, 1.165) is 58.1 Å². The number of nitrogens with zero attached hydrogens (tertiary/aromatic N) is 1. The largest absolute Gasteiger partial charge is 0.381 e. The van der Waals surface area contributed by atoms with Crippen LogP contribution in [0.4, 0.5) is 5.69 Å². The van der Waals surface area contributed by atoms with Crippen molar-refractivity contribution in [3.63, 3.8) is 0 Å². The summed E-state index contributed by atoms with van der Waals surface area (Å²) in [6, 6.07) is 16.6. The molecule has 152 valence electrons. The van der Waals surface area contributed by atoms with Gasteiger partial charge in [-0.1, -0.05) is 28.1 Å². The summed E-state index contributed by atoms with van der Waals surface area (Å²) in [4.78, 5) is 15.8. The van der Waals surface area contributed by atoms with E-state index in [4.69, 9.17) is 4.74 Å². The van der Waals surface area contributed by atoms with E-state index < -0.39 is 0 Å². The van der Waals surface area contributed by atoms with Gasteiger partial charge in [0.2, 0.25) is 0 Å². The number of nitrogens with one attached hydrogen (secondary N) is 2. The van der Waals surface area contributed by atoms with Crippen LogP contribution in [0.2, 0.25) is 0 Å². The number of aromatic amines is 1. The Bertz CT molecular complexity index is 1000. The third kappa shape index (κ3) is 4.71. The van der Waals surface area contributed by atoms with E-state index in [1.165, 1.54) is 5.56 Å². The van der Waals surface area contributed by atoms with Crippen molar-refractivity contribution in [1.29, 1.82) is 0 Å². The molecule has 2 heterocycles. The van der Waals surface area contributed by atoms with E-state index in [2.05, 4.69) is 52.5 Å². The van der Waals surface area contributed by atoms with Gasteiger partial charge >= 0.3 is 0 Å². The summed E-state index contributed by atoms with van der Waals surface area (Å²) in [5.41, 5.74) is 3.58. The lowest BCUT2D eigenvalue weighted by atomic mass is 10.0. The van der Waals surface area contributed by atoms with Gasteiger partial charge in [0, 0.05) is 39.5 Å². The molecule has 1 amide bonds. The standard InChI is InChI=1S/C23H26BrN3O2/c1-27(2,20-9-11-29-12-10-20)15-16-3-6-19(7-4-16)25-23(28)22-14-17-13-18(24)5-8-21(17)26-22/h3-8,13-14,20H,9-12,15H2,1-2H3,(H-,25,26,28)/p+1. The minimum atomic E-state index is -0.136. The van der Waals surface area contributed by atoms with Gasteiger partial charge in [-0.15, -0.1) is 0 Å². The second kappa shape index (κ2) is 8.30. The molecule has 0 unspecified atom stereocenters. The fourth-order valence-corrected chi connectivity index (χ4v) is 4.48. The molecule has 29 heavy (non-hydrogen) atoms. The number of H-pyrrole nitrogens is 1. The van der Waals surface area contributed by atoms with Gasteiger partial charge in [0.25, 0.3) is 5.91 Å². The average molecular weight is 457 g/mol. The van der Waals surface area contributed by atoms with Crippen molar-refractivity contribution in [2.75, 3.05) is 32.6 Å². The number of amides is 1. The van der Waals surface area contributed by atoms with Crippen molar-refractivity contribution in [2.24, 2.45) is 0 Å². The van der Waals surface area contributed by atoms with E-state index in [0.29, 0.717) is 11.7 Å². The smallest absolute Gasteiger partial charge is 0.272 e. The third-order valence-corrected chi connectivity index (χ3v) is 6.30. The van der Waals surface area contributed by atoms with Crippen LogP contribution < -0.4 is 5.32 Å².